The summed E-state index contributed by atoms with van der Waals surface area (Å²) in [6.45, 7) is 0.697. The van der Waals surface area contributed by atoms with Gasteiger partial charge in [-0.05, 0) is 12.8 Å². The van der Waals surface area contributed by atoms with Crippen LogP contribution in [0.5, 0.6) is 0 Å². The largest absolute Gasteiger partial charge is 0.335 e. The highest BCUT2D eigenvalue weighted by atomic mass is 16.2. The first-order valence-electron chi connectivity index (χ1n) is 6.39. The summed E-state index contributed by atoms with van der Waals surface area (Å²) >= 11 is 0. The molecule has 2 heterocycles. The van der Waals surface area contributed by atoms with E-state index in [0.29, 0.717) is 19.4 Å². The van der Waals surface area contributed by atoms with Crippen molar-refractivity contribution in [2.75, 3.05) is 13.6 Å². The molecule has 0 N–H and O–H groups in total. The summed E-state index contributed by atoms with van der Waals surface area (Å²) < 4.78 is 0. The van der Waals surface area contributed by atoms with E-state index in [1.54, 1.807) is 4.90 Å². The van der Waals surface area contributed by atoms with Gasteiger partial charge in [0.1, 0.15) is 0 Å². The van der Waals surface area contributed by atoms with Gasteiger partial charge in [-0.3, -0.25) is 19.3 Å². The highest BCUT2D eigenvalue weighted by molar-refractivity contribution is 6.05. The molecule has 0 aromatic carbocycles. The molecule has 2 fully saturated rings. The molecule has 0 unspecified atom stereocenters. The molecule has 0 saturated carbocycles. The summed E-state index contributed by atoms with van der Waals surface area (Å²) in [6, 6.07) is -0.222. The number of hydrogen-bond acceptors (Lipinski definition) is 3. The van der Waals surface area contributed by atoms with Crippen LogP contribution >= 0.6 is 0 Å². The number of imide groups is 1. The van der Waals surface area contributed by atoms with Crippen LogP contribution in [0, 0.1) is 11.8 Å². The number of fused-ring (bicyclic) bond motifs is 1. The van der Waals surface area contributed by atoms with E-state index < -0.39 is 0 Å². The second kappa shape index (κ2) is 3.93. The lowest BCUT2D eigenvalue weighted by Gasteiger charge is -2.33. The van der Waals surface area contributed by atoms with Crippen molar-refractivity contribution in [3.8, 4) is 0 Å². The fourth-order valence-electron chi connectivity index (χ4n) is 3.30. The summed E-state index contributed by atoms with van der Waals surface area (Å²) in [7, 11) is 1.53. The van der Waals surface area contributed by atoms with Crippen LogP contribution in [0.25, 0.3) is 0 Å². The van der Waals surface area contributed by atoms with Crippen molar-refractivity contribution in [1.29, 1.82) is 0 Å². The number of nitrogens with zero attached hydrogens (tertiary/aromatic N) is 2. The number of allylic oxidation sites excluding steroid dienone is 1. The Bertz CT molecular complexity index is 457. The van der Waals surface area contributed by atoms with Crippen molar-refractivity contribution in [2.24, 2.45) is 11.8 Å². The molecule has 0 aromatic heterocycles. The van der Waals surface area contributed by atoms with Crippen LogP contribution in [-0.4, -0.2) is 47.2 Å². The third-order valence-electron chi connectivity index (χ3n) is 4.26. The molecular weight excluding hydrogens is 232 g/mol. The highest BCUT2D eigenvalue weighted by Gasteiger charge is 2.52. The van der Waals surface area contributed by atoms with Crippen molar-refractivity contribution in [3.63, 3.8) is 0 Å². The molecule has 5 heteroatoms. The van der Waals surface area contributed by atoms with Gasteiger partial charge in [-0.1, -0.05) is 12.2 Å². The van der Waals surface area contributed by atoms with Gasteiger partial charge in [0.15, 0.2) is 0 Å². The first kappa shape index (κ1) is 11.4. The van der Waals surface area contributed by atoms with E-state index in [0.717, 1.165) is 6.42 Å². The van der Waals surface area contributed by atoms with Gasteiger partial charge in [0.05, 0.1) is 17.9 Å². The zero-order valence-corrected chi connectivity index (χ0v) is 10.3. The zero-order chi connectivity index (χ0) is 12.9. The standard InChI is InChI=1S/C13H16N2O3/c1-14-12(17)8-4-2-5-9(11(8)13(14)18)15-7-3-6-10(15)16/h2,5,8-9,11H,3-4,6-7H2,1H3/t8-,9+,11-/m0/s1. The normalized spacial score (nSPS) is 35.6. The van der Waals surface area contributed by atoms with Crippen molar-refractivity contribution in [3.05, 3.63) is 12.2 Å². The average Bonchev–Trinajstić information content (AvgIpc) is 2.89. The third kappa shape index (κ3) is 1.43. The Morgan fingerprint density at radius 2 is 2.00 bits per heavy atom. The van der Waals surface area contributed by atoms with Crippen molar-refractivity contribution in [1.82, 2.24) is 9.80 Å². The van der Waals surface area contributed by atoms with Crippen molar-refractivity contribution in [2.45, 2.75) is 25.3 Å². The number of carbonyl (C=O) groups is 3. The fraction of sp³-hybridized carbons (Fsp3) is 0.615. The lowest BCUT2D eigenvalue weighted by molar-refractivity contribution is -0.138. The molecule has 5 nitrogen and oxygen atoms in total. The maximum atomic E-state index is 12.2. The van der Waals surface area contributed by atoms with Crippen LogP contribution in [0.3, 0.4) is 0 Å². The van der Waals surface area contributed by atoms with Crippen LogP contribution in [0.15, 0.2) is 12.2 Å². The minimum Gasteiger partial charge on any atom is -0.335 e. The van der Waals surface area contributed by atoms with Crippen LogP contribution in [-0.2, 0) is 14.4 Å². The summed E-state index contributed by atoms with van der Waals surface area (Å²) in [4.78, 5) is 38.9. The quantitative estimate of drug-likeness (QED) is 0.491. The van der Waals surface area contributed by atoms with E-state index in [1.807, 2.05) is 12.2 Å². The number of rotatable bonds is 1. The average molecular weight is 248 g/mol. The monoisotopic (exact) mass is 248 g/mol. The zero-order valence-electron chi connectivity index (χ0n) is 10.3. The maximum Gasteiger partial charge on any atom is 0.235 e. The predicted octanol–water partition coefficient (Wildman–Crippen LogP) is 0.168. The molecule has 2 saturated heterocycles. The van der Waals surface area contributed by atoms with Gasteiger partial charge in [-0.15, -0.1) is 0 Å². The molecule has 0 spiro atoms. The van der Waals surface area contributed by atoms with E-state index in [1.165, 1.54) is 11.9 Å². The van der Waals surface area contributed by atoms with Crippen molar-refractivity contribution >= 4 is 17.7 Å². The summed E-state index contributed by atoms with van der Waals surface area (Å²) in [6.07, 6.45) is 5.87. The molecular formula is C13H16N2O3. The Morgan fingerprint density at radius 3 is 2.67 bits per heavy atom. The predicted molar refractivity (Wildman–Crippen MR) is 63.2 cm³/mol. The smallest absolute Gasteiger partial charge is 0.235 e. The van der Waals surface area contributed by atoms with Crippen LogP contribution < -0.4 is 0 Å². The molecule has 1 aliphatic carbocycles. The number of likely N-dealkylation sites (tertiary alicyclic amines) is 2. The van der Waals surface area contributed by atoms with Crippen molar-refractivity contribution < 1.29 is 14.4 Å². The van der Waals surface area contributed by atoms with Gasteiger partial charge in [0.25, 0.3) is 0 Å². The molecule has 2 aliphatic heterocycles. The van der Waals surface area contributed by atoms with Crippen LogP contribution in [0.4, 0.5) is 0 Å². The van der Waals surface area contributed by atoms with Gasteiger partial charge in [0.2, 0.25) is 17.7 Å². The lowest BCUT2D eigenvalue weighted by Crippen LogP contribution is -2.46. The summed E-state index contributed by atoms with van der Waals surface area (Å²) in [5.74, 6) is -0.786. The summed E-state index contributed by atoms with van der Waals surface area (Å²) in [5, 5.41) is 0. The molecule has 0 bridgehead atoms. The third-order valence-corrected chi connectivity index (χ3v) is 4.26. The van der Waals surface area contributed by atoms with Crippen LogP contribution in [0.2, 0.25) is 0 Å². The van der Waals surface area contributed by atoms with Gasteiger partial charge in [-0.25, -0.2) is 0 Å². The van der Waals surface area contributed by atoms with E-state index >= 15 is 0 Å². The topological polar surface area (TPSA) is 57.7 Å². The second-order valence-electron chi connectivity index (χ2n) is 5.21. The Kier molecular flexibility index (Phi) is 2.50. The van der Waals surface area contributed by atoms with Gasteiger partial charge >= 0.3 is 0 Å². The molecule has 96 valence electrons. The first-order chi connectivity index (χ1) is 8.61. The Labute approximate surface area is 105 Å². The van der Waals surface area contributed by atoms with Gasteiger partial charge in [0, 0.05) is 20.0 Å². The molecule has 18 heavy (non-hydrogen) atoms. The molecule has 0 aromatic rings. The number of amides is 3. The molecule has 3 amide bonds. The minimum atomic E-state index is -0.366. The molecule has 3 rings (SSSR count). The molecule has 3 atom stereocenters. The van der Waals surface area contributed by atoms with E-state index in [2.05, 4.69) is 0 Å². The fourth-order valence-corrected chi connectivity index (χ4v) is 3.30. The maximum absolute atomic E-state index is 12.2. The van der Waals surface area contributed by atoms with Gasteiger partial charge in [-0.2, -0.15) is 0 Å². The first-order valence-corrected chi connectivity index (χ1v) is 6.39. The summed E-state index contributed by atoms with van der Waals surface area (Å²) in [5.41, 5.74) is 0. The SMILES string of the molecule is CN1C(=O)[C@H]2[C@H](CC=C[C@H]2N2CCCC2=O)C1=O. The minimum absolute atomic E-state index is 0.0973. The number of carbonyl (C=O) groups excluding carboxylic acids is 3. The van der Waals surface area contributed by atoms with E-state index in [-0.39, 0.29) is 35.6 Å². The van der Waals surface area contributed by atoms with Crippen LogP contribution in [0.1, 0.15) is 19.3 Å². The Hall–Kier alpha value is -1.65. The Morgan fingerprint density at radius 1 is 1.22 bits per heavy atom. The van der Waals surface area contributed by atoms with E-state index in [4.69, 9.17) is 0 Å². The molecule has 3 aliphatic rings. The number of hydrogen-bond donors (Lipinski definition) is 0. The van der Waals surface area contributed by atoms with E-state index in [9.17, 15) is 14.4 Å². The highest BCUT2D eigenvalue weighted by Crippen LogP contribution is 2.37. The Balaban J connectivity index is 1.94. The lowest BCUT2D eigenvalue weighted by atomic mass is 9.81. The second-order valence-corrected chi connectivity index (χ2v) is 5.21. The van der Waals surface area contributed by atoms with Gasteiger partial charge < -0.3 is 4.90 Å². The molecule has 0 radical (unpaired) electrons.